The Kier molecular flexibility index (Phi) is 6.76. The highest BCUT2D eigenvalue weighted by atomic mass is 35.5. The molecule has 0 spiro atoms. The van der Waals surface area contributed by atoms with Crippen molar-refractivity contribution in [2.45, 2.75) is 6.92 Å². The number of aromatic nitrogens is 1. The normalized spacial score (nSPS) is 10.5. The molecule has 3 aromatic rings. The van der Waals surface area contributed by atoms with E-state index in [2.05, 4.69) is 10.3 Å². The van der Waals surface area contributed by atoms with Crippen LogP contribution in [0.1, 0.15) is 17.3 Å². The molecule has 0 atom stereocenters. The average Bonchev–Trinajstić information content (AvgIpc) is 3.15. The first-order valence-corrected chi connectivity index (χ1v) is 10.2. The Bertz CT molecular complexity index is 1120. The van der Waals surface area contributed by atoms with E-state index in [0.29, 0.717) is 27.9 Å². The van der Waals surface area contributed by atoms with E-state index in [1.165, 1.54) is 13.2 Å². The van der Waals surface area contributed by atoms with Gasteiger partial charge < -0.3 is 9.47 Å². The molecular formula is C19H15Cl2N3O5S. The van der Waals surface area contributed by atoms with Gasteiger partial charge >= 0.3 is 0 Å². The van der Waals surface area contributed by atoms with Gasteiger partial charge in [-0.15, -0.1) is 11.3 Å². The largest absolute Gasteiger partial charge is 0.493 e. The second-order valence-corrected chi connectivity index (χ2v) is 7.53. The SMILES string of the molecule is CCOc1cc(C(=O)Nc2nc(-c3ccc(Cl)cc3Cl)cs2)c([N+](=O)[O-])cc1OC. The first kappa shape index (κ1) is 21.8. The predicted octanol–water partition coefficient (Wildman–Crippen LogP) is 5.68. The smallest absolute Gasteiger partial charge is 0.286 e. The maximum atomic E-state index is 12.8. The summed E-state index contributed by atoms with van der Waals surface area (Å²) in [5, 5.41) is 16.9. The van der Waals surface area contributed by atoms with Crippen LogP contribution in [0.4, 0.5) is 10.8 Å². The molecule has 0 aliphatic rings. The standard InChI is InChI=1S/C19H15Cl2N3O5S/c1-3-29-17-7-12(15(24(26)27)8-16(17)28-2)18(25)23-19-22-14(9-30-19)11-5-4-10(20)6-13(11)21/h4-9H,3H2,1-2H3,(H,22,23,25). The quantitative estimate of drug-likeness (QED) is 0.353. The first-order chi connectivity index (χ1) is 14.3. The van der Waals surface area contributed by atoms with Crippen LogP contribution in [-0.2, 0) is 0 Å². The number of thiazole rings is 1. The summed E-state index contributed by atoms with van der Waals surface area (Å²) in [5.41, 5.74) is 0.596. The molecular weight excluding hydrogens is 453 g/mol. The molecule has 1 amide bonds. The van der Waals surface area contributed by atoms with Crippen molar-refractivity contribution in [2.24, 2.45) is 0 Å². The summed E-state index contributed by atoms with van der Waals surface area (Å²) in [6.07, 6.45) is 0. The second-order valence-electron chi connectivity index (χ2n) is 5.83. The van der Waals surface area contributed by atoms with Crippen LogP contribution in [0.5, 0.6) is 11.5 Å². The third-order valence-corrected chi connectivity index (χ3v) is 5.26. The summed E-state index contributed by atoms with van der Waals surface area (Å²) >= 11 is 13.3. The van der Waals surface area contributed by atoms with E-state index in [9.17, 15) is 14.9 Å². The van der Waals surface area contributed by atoms with E-state index in [4.69, 9.17) is 32.7 Å². The summed E-state index contributed by atoms with van der Waals surface area (Å²) in [6, 6.07) is 7.41. The lowest BCUT2D eigenvalue weighted by atomic mass is 10.1. The number of methoxy groups -OCH3 is 1. The van der Waals surface area contributed by atoms with Crippen molar-refractivity contribution in [3.8, 4) is 22.8 Å². The molecule has 0 unspecified atom stereocenters. The summed E-state index contributed by atoms with van der Waals surface area (Å²) in [5.74, 6) is -0.314. The van der Waals surface area contributed by atoms with Gasteiger partial charge in [0.15, 0.2) is 16.6 Å². The molecule has 0 saturated heterocycles. The van der Waals surface area contributed by atoms with Gasteiger partial charge in [-0.3, -0.25) is 20.2 Å². The fourth-order valence-electron chi connectivity index (χ4n) is 2.63. The number of hydrogen-bond acceptors (Lipinski definition) is 7. The third-order valence-electron chi connectivity index (χ3n) is 3.95. The molecule has 0 fully saturated rings. The average molecular weight is 468 g/mol. The van der Waals surface area contributed by atoms with Crippen LogP contribution in [0.25, 0.3) is 11.3 Å². The lowest BCUT2D eigenvalue weighted by Gasteiger charge is -2.11. The Labute approximate surface area is 185 Å². The highest BCUT2D eigenvalue weighted by Gasteiger charge is 2.25. The van der Waals surface area contributed by atoms with Gasteiger partial charge in [0.2, 0.25) is 0 Å². The fourth-order valence-corrected chi connectivity index (χ4v) is 3.84. The highest BCUT2D eigenvalue weighted by molar-refractivity contribution is 7.14. The second kappa shape index (κ2) is 9.29. The molecule has 1 heterocycles. The number of carbonyl (C=O) groups is 1. The Morgan fingerprint density at radius 3 is 2.67 bits per heavy atom. The van der Waals surface area contributed by atoms with E-state index in [1.807, 2.05) is 0 Å². The van der Waals surface area contributed by atoms with Gasteiger partial charge in [0, 0.05) is 22.0 Å². The predicted molar refractivity (Wildman–Crippen MR) is 116 cm³/mol. The van der Waals surface area contributed by atoms with Crippen molar-refractivity contribution >= 4 is 51.3 Å². The molecule has 0 aliphatic carbocycles. The minimum atomic E-state index is -0.701. The zero-order valence-electron chi connectivity index (χ0n) is 15.8. The number of amides is 1. The number of nitro benzene ring substituents is 1. The molecule has 2 aromatic carbocycles. The molecule has 1 aromatic heterocycles. The summed E-state index contributed by atoms with van der Waals surface area (Å²) < 4.78 is 10.5. The number of benzene rings is 2. The van der Waals surface area contributed by atoms with Crippen molar-refractivity contribution < 1.29 is 19.2 Å². The van der Waals surface area contributed by atoms with Crippen LogP contribution in [-0.4, -0.2) is 29.5 Å². The minimum Gasteiger partial charge on any atom is -0.493 e. The lowest BCUT2D eigenvalue weighted by Crippen LogP contribution is -2.14. The molecule has 0 radical (unpaired) electrons. The van der Waals surface area contributed by atoms with Crippen molar-refractivity contribution in [3.05, 3.63) is 61.4 Å². The van der Waals surface area contributed by atoms with Crippen LogP contribution in [0, 0.1) is 10.1 Å². The number of hydrogen-bond donors (Lipinski definition) is 1. The zero-order chi connectivity index (χ0) is 21.8. The minimum absolute atomic E-state index is 0.161. The number of carbonyl (C=O) groups excluding carboxylic acids is 1. The van der Waals surface area contributed by atoms with Crippen LogP contribution >= 0.6 is 34.5 Å². The fraction of sp³-hybridized carbons (Fsp3) is 0.158. The van der Waals surface area contributed by atoms with Crippen LogP contribution in [0.2, 0.25) is 10.0 Å². The van der Waals surface area contributed by atoms with E-state index in [0.717, 1.165) is 17.4 Å². The zero-order valence-corrected chi connectivity index (χ0v) is 18.1. The van der Waals surface area contributed by atoms with Crippen LogP contribution in [0.3, 0.4) is 0 Å². The van der Waals surface area contributed by atoms with Gasteiger partial charge in [-0.2, -0.15) is 0 Å². The Morgan fingerprint density at radius 1 is 1.27 bits per heavy atom. The summed E-state index contributed by atoms with van der Waals surface area (Å²) in [6.45, 7) is 2.05. The van der Waals surface area contributed by atoms with Crippen molar-refractivity contribution in [3.63, 3.8) is 0 Å². The van der Waals surface area contributed by atoms with Gasteiger partial charge in [-0.05, 0) is 25.1 Å². The number of halogens is 2. The van der Waals surface area contributed by atoms with E-state index >= 15 is 0 Å². The summed E-state index contributed by atoms with van der Waals surface area (Å²) in [7, 11) is 1.36. The number of nitrogens with zero attached hydrogens (tertiary/aromatic N) is 2. The Morgan fingerprint density at radius 2 is 2.03 bits per heavy atom. The third kappa shape index (κ3) is 4.64. The topological polar surface area (TPSA) is 104 Å². The van der Waals surface area contributed by atoms with Crippen molar-refractivity contribution in [2.75, 3.05) is 19.0 Å². The molecule has 3 rings (SSSR count). The van der Waals surface area contributed by atoms with Gasteiger partial charge in [0.05, 0.1) is 35.4 Å². The first-order valence-electron chi connectivity index (χ1n) is 8.55. The number of anilines is 1. The number of ether oxygens (including phenoxy) is 2. The van der Waals surface area contributed by atoms with Gasteiger partial charge in [-0.1, -0.05) is 23.2 Å². The van der Waals surface area contributed by atoms with Crippen LogP contribution in [0.15, 0.2) is 35.7 Å². The van der Waals surface area contributed by atoms with Gasteiger partial charge in [0.25, 0.3) is 11.6 Å². The van der Waals surface area contributed by atoms with Crippen LogP contribution < -0.4 is 14.8 Å². The summed E-state index contributed by atoms with van der Waals surface area (Å²) in [4.78, 5) is 27.9. The number of nitrogens with one attached hydrogen (secondary N) is 1. The van der Waals surface area contributed by atoms with Gasteiger partial charge in [-0.25, -0.2) is 4.98 Å². The van der Waals surface area contributed by atoms with E-state index in [-0.39, 0.29) is 22.2 Å². The van der Waals surface area contributed by atoms with Gasteiger partial charge in [0.1, 0.15) is 5.56 Å². The maximum Gasteiger partial charge on any atom is 0.286 e. The molecule has 11 heteroatoms. The van der Waals surface area contributed by atoms with Crippen molar-refractivity contribution in [1.29, 1.82) is 0 Å². The molecule has 30 heavy (non-hydrogen) atoms. The lowest BCUT2D eigenvalue weighted by molar-refractivity contribution is -0.385. The molecule has 156 valence electrons. The molecule has 0 bridgehead atoms. The maximum absolute atomic E-state index is 12.8. The van der Waals surface area contributed by atoms with E-state index in [1.54, 1.807) is 30.5 Å². The number of rotatable bonds is 7. The van der Waals surface area contributed by atoms with E-state index < -0.39 is 16.5 Å². The highest BCUT2D eigenvalue weighted by Crippen LogP contribution is 2.36. The van der Waals surface area contributed by atoms with Crippen molar-refractivity contribution in [1.82, 2.24) is 4.98 Å². The molecule has 0 saturated carbocycles. The molecule has 0 aliphatic heterocycles. The Hall–Kier alpha value is -2.88. The monoisotopic (exact) mass is 467 g/mol. The number of nitro groups is 1. The molecule has 1 N–H and O–H groups in total. The molecule has 8 nitrogen and oxygen atoms in total. The Balaban J connectivity index is 1.91.